The molecule has 2 amide bonds. The Morgan fingerprint density at radius 3 is 2.17 bits per heavy atom. The van der Waals surface area contributed by atoms with E-state index in [-0.39, 0.29) is 22.7 Å². The molecule has 1 aliphatic rings. The van der Waals surface area contributed by atoms with Crippen LogP contribution in [-0.2, 0) is 4.79 Å². The van der Waals surface area contributed by atoms with Crippen molar-refractivity contribution in [3.05, 3.63) is 94.3 Å². The highest BCUT2D eigenvalue weighted by atomic mass is 16.4. The number of amides is 2. The zero-order valence-corrected chi connectivity index (χ0v) is 22.5. The van der Waals surface area contributed by atoms with Gasteiger partial charge >= 0.3 is 5.97 Å². The number of carbonyl (C=O) groups is 3. The SMILES string of the molecule is CC(C)(NC(=O)c1ccc2c(c1)c(=O)n(-c1ccccc1)n2C1CCCCC1)C(=O)Nc1ccc(C(=O)O)cc1. The van der Waals surface area contributed by atoms with Crippen molar-refractivity contribution >= 4 is 34.4 Å². The molecule has 9 nitrogen and oxygen atoms in total. The van der Waals surface area contributed by atoms with Crippen LogP contribution < -0.4 is 16.2 Å². The summed E-state index contributed by atoms with van der Waals surface area (Å²) in [4.78, 5) is 51.1. The number of nitrogens with one attached hydrogen (secondary N) is 2. The first-order valence-corrected chi connectivity index (χ1v) is 13.5. The molecule has 1 saturated carbocycles. The molecule has 3 aromatic carbocycles. The van der Waals surface area contributed by atoms with Crippen molar-refractivity contribution in [1.29, 1.82) is 0 Å². The third-order valence-corrected chi connectivity index (χ3v) is 7.45. The number of para-hydroxylation sites is 1. The van der Waals surface area contributed by atoms with Crippen LogP contribution in [0.5, 0.6) is 0 Å². The van der Waals surface area contributed by atoms with Gasteiger partial charge in [-0.15, -0.1) is 0 Å². The van der Waals surface area contributed by atoms with E-state index in [1.807, 2.05) is 36.4 Å². The second kappa shape index (κ2) is 10.8. The van der Waals surface area contributed by atoms with Gasteiger partial charge in [0.15, 0.2) is 0 Å². The molecule has 1 heterocycles. The highest BCUT2D eigenvalue weighted by molar-refractivity contribution is 6.04. The maximum atomic E-state index is 13.7. The second-order valence-electron chi connectivity index (χ2n) is 10.7. The average Bonchev–Trinajstić information content (AvgIpc) is 3.25. The molecule has 0 spiro atoms. The summed E-state index contributed by atoms with van der Waals surface area (Å²) in [6.45, 7) is 3.15. The lowest BCUT2D eigenvalue weighted by Crippen LogP contribution is -2.52. The first kappa shape index (κ1) is 26.9. The predicted molar refractivity (Wildman–Crippen MR) is 153 cm³/mol. The fourth-order valence-electron chi connectivity index (χ4n) is 5.26. The van der Waals surface area contributed by atoms with Gasteiger partial charge in [-0.05, 0) is 81.3 Å². The largest absolute Gasteiger partial charge is 0.478 e. The van der Waals surface area contributed by atoms with Gasteiger partial charge in [-0.1, -0.05) is 37.5 Å². The predicted octanol–water partition coefficient (Wildman–Crippen LogP) is 5.14. The average molecular weight is 541 g/mol. The molecule has 3 N–H and O–H groups in total. The highest BCUT2D eigenvalue weighted by Gasteiger charge is 2.31. The van der Waals surface area contributed by atoms with Gasteiger partial charge in [0.2, 0.25) is 5.91 Å². The zero-order valence-electron chi connectivity index (χ0n) is 22.5. The van der Waals surface area contributed by atoms with Crippen LogP contribution in [-0.4, -0.2) is 37.8 Å². The third kappa shape index (κ3) is 5.27. The molecular formula is C31H32N4O5. The Kier molecular flexibility index (Phi) is 7.30. The van der Waals surface area contributed by atoms with Gasteiger partial charge < -0.3 is 15.7 Å². The van der Waals surface area contributed by atoms with Crippen molar-refractivity contribution in [2.24, 2.45) is 0 Å². The molecule has 0 radical (unpaired) electrons. The molecule has 40 heavy (non-hydrogen) atoms. The van der Waals surface area contributed by atoms with Crippen molar-refractivity contribution < 1.29 is 19.5 Å². The third-order valence-electron chi connectivity index (χ3n) is 7.45. The number of carboxylic acid groups (broad SMARTS) is 1. The fourth-order valence-corrected chi connectivity index (χ4v) is 5.26. The molecule has 0 saturated heterocycles. The Hall–Kier alpha value is -4.66. The van der Waals surface area contributed by atoms with Gasteiger partial charge in [0.05, 0.1) is 28.2 Å². The van der Waals surface area contributed by atoms with E-state index >= 15 is 0 Å². The Balaban J connectivity index is 1.43. The Morgan fingerprint density at radius 2 is 1.52 bits per heavy atom. The maximum Gasteiger partial charge on any atom is 0.335 e. The van der Waals surface area contributed by atoms with Crippen LogP contribution in [0.3, 0.4) is 0 Å². The Morgan fingerprint density at radius 1 is 0.875 bits per heavy atom. The summed E-state index contributed by atoms with van der Waals surface area (Å²) in [6, 6.07) is 20.6. The number of aromatic carboxylic acids is 1. The van der Waals surface area contributed by atoms with Crippen LogP contribution in [0.1, 0.15) is 72.7 Å². The van der Waals surface area contributed by atoms with Gasteiger partial charge in [-0.3, -0.25) is 19.1 Å². The zero-order chi connectivity index (χ0) is 28.4. The lowest BCUT2D eigenvalue weighted by atomic mass is 9.95. The summed E-state index contributed by atoms with van der Waals surface area (Å²) < 4.78 is 3.80. The van der Waals surface area contributed by atoms with Crippen LogP contribution in [0.2, 0.25) is 0 Å². The molecule has 4 aromatic rings. The number of rotatable bonds is 7. The summed E-state index contributed by atoms with van der Waals surface area (Å²) in [7, 11) is 0. The van der Waals surface area contributed by atoms with Gasteiger partial charge in [-0.2, -0.15) is 0 Å². The van der Waals surface area contributed by atoms with E-state index in [0.717, 1.165) is 36.9 Å². The number of carbonyl (C=O) groups excluding carboxylic acids is 2. The first-order chi connectivity index (χ1) is 19.2. The summed E-state index contributed by atoms with van der Waals surface area (Å²) in [5.41, 5.74) is 0.846. The molecule has 0 unspecified atom stereocenters. The summed E-state index contributed by atoms with van der Waals surface area (Å²) in [5.74, 6) is -2.02. The van der Waals surface area contributed by atoms with Crippen molar-refractivity contribution in [2.45, 2.75) is 57.5 Å². The summed E-state index contributed by atoms with van der Waals surface area (Å²) >= 11 is 0. The number of carboxylic acids is 1. The molecule has 1 aromatic heterocycles. The molecule has 5 rings (SSSR count). The molecule has 9 heteroatoms. The van der Waals surface area contributed by atoms with Crippen LogP contribution in [0, 0.1) is 0 Å². The number of hydrogen-bond acceptors (Lipinski definition) is 4. The van der Waals surface area contributed by atoms with Crippen LogP contribution in [0.25, 0.3) is 16.6 Å². The standard InChI is InChI=1S/C31H32N4O5/c1-31(2,30(40)32-22-16-13-20(14-17-22)29(38)39)33-27(36)21-15-18-26-25(19-21)28(37)35(24-11-7-4-8-12-24)34(26)23-9-5-3-6-10-23/h4,7-8,11-19,23H,3,5-6,9-10H2,1-2H3,(H,32,40)(H,33,36)(H,38,39). The van der Waals surface area contributed by atoms with Crippen molar-refractivity contribution in [2.75, 3.05) is 5.32 Å². The Labute approximate surface area is 231 Å². The lowest BCUT2D eigenvalue weighted by Gasteiger charge is -2.27. The molecule has 1 aliphatic carbocycles. The van der Waals surface area contributed by atoms with Gasteiger partial charge in [0, 0.05) is 11.3 Å². The smallest absolute Gasteiger partial charge is 0.335 e. The number of nitrogens with zero attached hydrogens (tertiary/aromatic N) is 2. The monoisotopic (exact) mass is 540 g/mol. The van der Waals surface area contributed by atoms with E-state index in [4.69, 9.17) is 5.11 Å². The maximum absolute atomic E-state index is 13.7. The highest BCUT2D eigenvalue weighted by Crippen LogP contribution is 2.32. The summed E-state index contributed by atoms with van der Waals surface area (Å²) in [6.07, 6.45) is 5.37. The minimum absolute atomic E-state index is 0.101. The van der Waals surface area contributed by atoms with E-state index in [9.17, 15) is 19.2 Å². The van der Waals surface area contributed by atoms with E-state index in [2.05, 4.69) is 15.3 Å². The first-order valence-electron chi connectivity index (χ1n) is 13.5. The van der Waals surface area contributed by atoms with Gasteiger partial charge in [-0.25, -0.2) is 9.48 Å². The molecule has 206 valence electrons. The lowest BCUT2D eigenvalue weighted by molar-refractivity contribution is -0.120. The van der Waals surface area contributed by atoms with Crippen molar-refractivity contribution in [3.8, 4) is 5.69 Å². The minimum Gasteiger partial charge on any atom is -0.478 e. The number of aromatic nitrogens is 2. The van der Waals surface area contributed by atoms with Crippen LogP contribution in [0.4, 0.5) is 5.69 Å². The van der Waals surface area contributed by atoms with Crippen molar-refractivity contribution in [3.63, 3.8) is 0 Å². The molecule has 0 bridgehead atoms. The molecule has 0 atom stereocenters. The topological polar surface area (TPSA) is 122 Å². The number of benzene rings is 3. The number of anilines is 1. The van der Waals surface area contributed by atoms with E-state index in [0.29, 0.717) is 11.1 Å². The summed E-state index contributed by atoms with van der Waals surface area (Å²) in [5, 5.41) is 15.0. The molecule has 1 fully saturated rings. The minimum atomic E-state index is -1.30. The second-order valence-corrected chi connectivity index (χ2v) is 10.7. The van der Waals surface area contributed by atoms with Gasteiger partial charge in [0.25, 0.3) is 11.5 Å². The van der Waals surface area contributed by atoms with Gasteiger partial charge in [0.1, 0.15) is 5.54 Å². The number of fused-ring (bicyclic) bond motifs is 1. The Bertz CT molecular complexity index is 1630. The van der Waals surface area contributed by atoms with Crippen molar-refractivity contribution in [1.82, 2.24) is 14.7 Å². The van der Waals surface area contributed by atoms with Crippen LogP contribution in [0.15, 0.2) is 77.6 Å². The molecular weight excluding hydrogens is 508 g/mol. The molecule has 0 aliphatic heterocycles. The number of hydrogen-bond donors (Lipinski definition) is 3. The quantitative estimate of drug-likeness (QED) is 0.300. The van der Waals surface area contributed by atoms with E-state index in [1.165, 1.54) is 30.7 Å². The van der Waals surface area contributed by atoms with Crippen LogP contribution >= 0.6 is 0 Å². The van der Waals surface area contributed by atoms with E-state index in [1.54, 1.807) is 30.7 Å². The van der Waals surface area contributed by atoms with E-state index < -0.39 is 23.3 Å². The fraction of sp³-hybridized carbons (Fsp3) is 0.290. The normalized spacial score (nSPS) is 14.2.